The second kappa shape index (κ2) is 4.26. The molecule has 2 rings (SSSR count). The summed E-state index contributed by atoms with van der Waals surface area (Å²) in [6, 6.07) is 0. The lowest BCUT2D eigenvalue weighted by Gasteiger charge is -2.18. The molecule has 1 aromatic rings. The fraction of sp³-hybridized carbons (Fsp3) is 0.556. The number of azo groups is 1. The minimum absolute atomic E-state index is 0.109. The Kier molecular flexibility index (Phi) is 2.91. The second-order valence-electron chi connectivity index (χ2n) is 4.77. The molecule has 2 N–H and O–H groups in total. The van der Waals surface area contributed by atoms with Crippen molar-refractivity contribution in [3.8, 4) is 0 Å². The summed E-state index contributed by atoms with van der Waals surface area (Å²) in [6.45, 7) is 5.59. The van der Waals surface area contributed by atoms with E-state index < -0.39 is 11.7 Å². The standard InChI is InChI=1S/C9H13N7O2/c1-9(2,3)5-6(18)16-7(12-10-4-17)14-15-8(16)13-11-5/h4,7,12H,1-3H3,(H,10,17). The maximum atomic E-state index is 12.3. The molecule has 0 saturated carbocycles. The van der Waals surface area contributed by atoms with Gasteiger partial charge in [-0.05, 0) is 0 Å². The van der Waals surface area contributed by atoms with Crippen LogP contribution in [0.25, 0.3) is 0 Å². The van der Waals surface area contributed by atoms with Gasteiger partial charge in [0.1, 0.15) is 5.69 Å². The number of nitrogens with one attached hydrogen (secondary N) is 2. The van der Waals surface area contributed by atoms with Crippen LogP contribution in [0.5, 0.6) is 0 Å². The Hall–Kier alpha value is -2.16. The Morgan fingerprint density at radius 2 is 2.06 bits per heavy atom. The molecule has 1 aromatic heterocycles. The zero-order valence-corrected chi connectivity index (χ0v) is 10.2. The van der Waals surface area contributed by atoms with Crippen LogP contribution in [0.2, 0.25) is 0 Å². The highest BCUT2D eigenvalue weighted by molar-refractivity contribution is 5.44. The molecule has 18 heavy (non-hydrogen) atoms. The molecular formula is C9H13N7O2. The van der Waals surface area contributed by atoms with Crippen molar-refractivity contribution in [1.29, 1.82) is 0 Å². The van der Waals surface area contributed by atoms with Gasteiger partial charge in [-0.25, -0.2) is 4.57 Å². The van der Waals surface area contributed by atoms with Crippen LogP contribution >= 0.6 is 0 Å². The first kappa shape index (κ1) is 12.3. The average molecular weight is 251 g/mol. The van der Waals surface area contributed by atoms with Gasteiger partial charge in [-0.1, -0.05) is 20.8 Å². The third kappa shape index (κ3) is 1.99. The molecule has 1 amide bonds. The lowest BCUT2D eigenvalue weighted by atomic mass is 9.93. The van der Waals surface area contributed by atoms with Crippen LogP contribution in [0.1, 0.15) is 32.8 Å². The third-order valence-corrected chi connectivity index (χ3v) is 2.36. The van der Waals surface area contributed by atoms with E-state index in [1.54, 1.807) is 0 Å². The van der Waals surface area contributed by atoms with Crippen molar-refractivity contribution in [3.05, 3.63) is 16.0 Å². The molecule has 0 bridgehead atoms. The number of aromatic nitrogens is 3. The van der Waals surface area contributed by atoms with Crippen molar-refractivity contribution < 1.29 is 4.79 Å². The molecule has 9 heteroatoms. The lowest BCUT2D eigenvalue weighted by Crippen LogP contribution is -2.41. The first-order valence-corrected chi connectivity index (χ1v) is 5.30. The van der Waals surface area contributed by atoms with Crippen LogP contribution in [-0.4, -0.2) is 21.2 Å². The normalized spacial score (nSPS) is 17.6. The average Bonchev–Trinajstić information content (AvgIpc) is 2.69. The molecule has 96 valence electrons. The molecule has 0 spiro atoms. The van der Waals surface area contributed by atoms with E-state index in [2.05, 4.69) is 31.3 Å². The van der Waals surface area contributed by atoms with Crippen molar-refractivity contribution in [2.75, 3.05) is 0 Å². The number of hydrogen-bond acceptors (Lipinski definition) is 7. The molecule has 9 nitrogen and oxygen atoms in total. The molecule has 1 unspecified atom stereocenters. The fourth-order valence-electron chi connectivity index (χ4n) is 1.51. The summed E-state index contributed by atoms with van der Waals surface area (Å²) in [5.41, 5.74) is 4.30. The Morgan fingerprint density at radius 1 is 1.33 bits per heavy atom. The maximum absolute atomic E-state index is 12.3. The Balaban J connectivity index is 2.46. The highest BCUT2D eigenvalue weighted by Crippen LogP contribution is 2.23. The van der Waals surface area contributed by atoms with Gasteiger partial charge in [-0.15, -0.1) is 20.4 Å². The summed E-state index contributed by atoms with van der Waals surface area (Å²) < 4.78 is 1.24. The van der Waals surface area contributed by atoms with Crippen LogP contribution < -0.4 is 16.4 Å². The van der Waals surface area contributed by atoms with Crippen LogP contribution in [0, 0.1) is 0 Å². The maximum Gasteiger partial charge on any atom is 0.280 e. The van der Waals surface area contributed by atoms with E-state index in [-0.39, 0.29) is 11.5 Å². The van der Waals surface area contributed by atoms with Gasteiger partial charge < -0.3 is 0 Å². The van der Waals surface area contributed by atoms with Crippen molar-refractivity contribution in [3.63, 3.8) is 0 Å². The predicted molar refractivity (Wildman–Crippen MR) is 60.9 cm³/mol. The van der Waals surface area contributed by atoms with Gasteiger partial charge in [0, 0.05) is 5.41 Å². The van der Waals surface area contributed by atoms with Crippen molar-refractivity contribution in [2.24, 2.45) is 10.2 Å². The first-order valence-electron chi connectivity index (χ1n) is 5.30. The van der Waals surface area contributed by atoms with E-state index in [1.165, 1.54) is 4.57 Å². The Labute approximate surface area is 102 Å². The highest BCUT2D eigenvalue weighted by atomic mass is 16.1. The SMILES string of the molecule is CC(C)(C)c1nnc2n(c1=O)C(NNC=O)N=N2. The third-order valence-electron chi connectivity index (χ3n) is 2.36. The second-order valence-corrected chi connectivity index (χ2v) is 4.77. The summed E-state index contributed by atoms with van der Waals surface area (Å²) in [5.74, 6) is 0.109. The summed E-state index contributed by atoms with van der Waals surface area (Å²) in [7, 11) is 0. The van der Waals surface area contributed by atoms with E-state index in [0.29, 0.717) is 12.1 Å². The minimum atomic E-state index is -0.797. The smallest absolute Gasteiger partial charge is 0.280 e. The summed E-state index contributed by atoms with van der Waals surface area (Å²) in [4.78, 5) is 22.5. The molecule has 1 aliphatic rings. The molecular weight excluding hydrogens is 238 g/mol. The van der Waals surface area contributed by atoms with E-state index in [1.807, 2.05) is 20.8 Å². The predicted octanol–water partition coefficient (Wildman–Crippen LogP) is -0.260. The number of fused-ring (bicyclic) bond motifs is 1. The number of rotatable bonds is 3. The summed E-state index contributed by atoms with van der Waals surface area (Å²) in [6.07, 6.45) is -0.355. The highest BCUT2D eigenvalue weighted by Gasteiger charge is 2.28. The molecule has 1 aliphatic heterocycles. The quantitative estimate of drug-likeness (QED) is 0.567. The monoisotopic (exact) mass is 251 g/mol. The molecule has 1 atom stereocenters. The minimum Gasteiger partial charge on any atom is -0.291 e. The number of hydrazine groups is 1. The number of carbonyl (C=O) groups excluding carboxylic acids is 1. The Bertz CT molecular complexity index is 557. The van der Waals surface area contributed by atoms with Crippen molar-refractivity contribution >= 4 is 12.4 Å². The fourth-order valence-corrected chi connectivity index (χ4v) is 1.51. The molecule has 0 radical (unpaired) electrons. The van der Waals surface area contributed by atoms with Gasteiger partial charge in [0.15, 0.2) is 0 Å². The van der Waals surface area contributed by atoms with Gasteiger partial charge >= 0.3 is 0 Å². The van der Waals surface area contributed by atoms with Gasteiger partial charge in [-0.3, -0.25) is 15.0 Å². The van der Waals surface area contributed by atoms with Gasteiger partial charge in [-0.2, -0.15) is 5.43 Å². The van der Waals surface area contributed by atoms with E-state index in [9.17, 15) is 9.59 Å². The largest absolute Gasteiger partial charge is 0.291 e. The lowest BCUT2D eigenvalue weighted by molar-refractivity contribution is -0.110. The molecule has 0 aliphatic carbocycles. The van der Waals surface area contributed by atoms with E-state index in [0.717, 1.165) is 0 Å². The van der Waals surface area contributed by atoms with Crippen LogP contribution in [-0.2, 0) is 10.2 Å². The zero-order valence-electron chi connectivity index (χ0n) is 10.2. The van der Waals surface area contributed by atoms with Crippen LogP contribution in [0.3, 0.4) is 0 Å². The number of hydrogen-bond donors (Lipinski definition) is 2. The molecule has 0 fully saturated rings. The summed E-state index contributed by atoms with van der Waals surface area (Å²) in [5, 5.41) is 15.2. The summed E-state index contributed by atoms with van der Waals surface area (Å²) >= 11 is 0. The topological polar surface area (TPSA) is 114 Å². The van der Waals surface area contributed by atoms with E-state index in [4.69, 9.17) is 0 Å². The van der Waals surface area contributed by atoms with Gasteiger partial charge in [0.05, 0.1) is 0 Å². The molecule has 2 heterocycles. The van der Waals surface area contributed by atoms with E-state index >= 15 is 0 Å². The molecule has 0 aromatic carbocycles. The first-order chi connectivity index (χ1) is 8.45. The van der Waals surface area contributed by atoms with Crippen LogP contribution in [0.4, 0.5) is 5.95 Å². The molecule has 0 saturated heterocycles. The number of carbonyl (C=O) groups is 1. The van der Waals surface area contributed by atoms with Crippen LogP contribution in [0.15, 0.2) is 15.0 Å². The zero-order chi connectivity index (χ0) is 13.3. The van der Waals surface area contributed by atoms with Gasteiger partial charge in [0.25, 0.3) is 11.5 Å². The number of nitrogens with zero attached hydrogens (tertiary/aromatic N) is 5. The van der Waals surface area contributed by atoms with Gasteiger partial charge in [0.2, 0.25) is 12.7 Å². The van der Waals surface area contributed by atoms with Crippen molar-refractivity contribution in [2.45, 2.75) is 32.5 Å². The Morgan fingerprint density at radius 3 is 2.67 bits per heavy atom. The number of amides is 1. The van der Waals surface area contributed by atoms with Crippen molar-refractivity contribution in [1.82, 2.24) is 25.6 Å².